The molecule has 106 valence electrons. The van der Waals surface area contributed by atoms with Crippen molar-refractivity contribution in [3.63, 3.8) is 0 Å². The summed E-state index contributed by atoms with van der Waals surface area (Å²) in [6, 6.07) is 0. The molecule has 1 amide bonds. The molecule has 2 N–H and O–H groups in total. The van der Waals surface area contributed by atoms with E-state index in [-0.39, 0.29) is 19.4 Å². The third-order valence-electron chi connectivity index (χ3n) is 1.88. The first-order valence-electron chi connectivity index (χ1n) is 5.44. The van der Waals surface area contributed by atoms with E-state index in [9.17, 15) is 22.8 Å². The quantitative estimate of drug-likeness (QED) is 0.620. The summed E-state index contributed by atoms with van der Waals surface area (Å²) in [6.45, 7) is -1.34. The highest BCUT2D eigenvalue weighted by molar-refractivity contribution is 5.75. The van der Waals surface area contributed by atoms with E-state index < -0.39 is 24.7 Å². The second-order valence-electron chi connectivity index (χ2n) is 3.62. The normalized spacial score (nSPS) is 11.3. The average molecular weight is 271 g/mol. The van der Waals surface area contributed by atoms with Gasteiger partial charge in [0.1, 0.15) is 6.61 Å². The van der Waals surface area contributed by atoms with Crippen molar-refractivity contribution in [3.05, 3.63) is 0 Å². The third kappa shape index (κ3) is 12.8. The molecule has 0 aliphatic heterocycles. The number of alkyl halides is 3. The number of carbonyl (C=O) groups excluding carboxylic acids is 1. The van der Waals surface area contributed by atoms with Crippen molar-refractivity contribution in [2.45, 2.75) is 31.9 Å². The van der Waals surface area contributed by atoms with Gasteiger partial charge in [-0.25, -0.2) is 0 Å². The summed E-state index contributed by atoms with van der Waals surface area (Å²) in [5.41, 5.74) is 0. The first-order chi connectivity index (χ1) is 8.31. The number of carboxylic acid groups (broad SMARTS) is 1. The predicted molar refractivity (Wildman–Crippen MR) is 56.0 cm³/mol. The number of hydrogen-bond donors (Lipinski definition) is 2. The predicted octanol–water partition coefficient (Wildman–Crippen LogP) is 1.33. The van der Waals surface area contributed by atoms with Crippen molar-refractivity contribution in [2.75, 3.05) is 19.8 Å². The molecular formula is C10H16F3NO4. The van der Waals surface area contributed by atoms with Crippen molar-refractivity contribution in [1.82, 2.24) is 5.32 Å². The molecule has 0 rings (SSSR count). The Morgan fingerprint density at radius 2 is 1.83 bits per heavy atom. The third-order valence-corrected chi connectivity index (χ3v) is 1.88. The lowest BCUT2D eigenvalue weighted by atomic mass is 10.2. The zero-order chi connectivity index (χ0) is 14.0. The largest absolute Gasteiger partial charge is 0.481 e. The van der Waals surface area contributed by atoms with Crippen LogP contribution < -0.4 is 5.32 Å². The zero-order valence-corrected chi connectivity index (χ0v) is 9.76. The molecule has 0 saturated carbocycles. The number of carboxylic acids is 1. The molecule has 0 atom stereocenters. The van der Waals surface area contributed by atoms with Gasteiger partial charge in [-0.3, -0.25) is 9.59 Å². The van der Waals surface area contributed by atoms with Gasteiger partial charge >= 0.3 is 12.1 Å². The molecule has 0 heterocycles. The molecule has 0 bridgehead atoms. The minimum atomic E-state index is -4.38. The Hall–Kier alpha value is -1.31. The van der Waals surface area contributed by atoms with E-state index >= 15 is 0 Å². The van der Waals surface area contributed by atoms with Gasteiger partial charge in [-0.2, -0.15) is 13.2 Å². The Labute approximate surface area is 102 Å². The van der Waals surface area contributed by atoms with E-state index in [1.54, 1.807) is 0 Å². The summed E-state index contributed by atoms with van der Waals surface area (Å²) < 4.78 is 39.2. The maximum atomic E-state index is 11.7. The van der Waals surface area contributed by atoms with Crippen LogP contribution in [0.25, 0.3) is 0 Å². The van der Waals surface area contributed by atoms with E-state index in [1.165, 1.54) is 0 Å². The lowest BCUT2D eigenvalue weighted by Gasteiger charge is -2.07. The Morgan fingerprint density at radius 1 is 1.17 bits per heavy atom. The van der Waals surface area contributed by atoms with Gasteiger partial charge in [0.2, 0.25) is 5.91 Å². The fourth-order valence-electron chi connectivity index (χ4n) is 1.07. The molecule has 0 aromatic rings. The summed E-state index contributed by atoms with van der Waals surface area (Å²) in [5, 5.41) is 10.8. The molecule has 0 fully saturated rings. The lowest BCUT2D eigenvalue weighted by Crippen LogP contribution is -2.26. The van der Waals surface area contributed by atoms with Gasteiger partial charge in [-0.1, -0.05) is 0 Å². The van der Waals surface area contributed by atoms with Crippen molar-refractivity contribution in [2.24, 2.45) is 0 Å². The van der Waals surface area contributed by atoms with Crippen LogP contribution in [0, 0.1) is 0 Å². The molecule has 0 aliphatic rings. The Balaban J connectivity index is 3.35. The monoisotopic (exact) mass is 271 g/mol. The zero-order valence-electron chi connectivity index (χ0n) is 9.76. The smallest absolute Gasteiger partial charge is 0.411 e. The van der Waals surface area contributed by atoms with Crippen molar-refractivity contribution >= 4 is 11.9 Å². The summed E-state index contributed by atoms with van der Waals surface area (Å²) in [4.78, 5) is 21.2. The number of nitrogens with one attached hydrogen (secondary N) is 1. The van der Waals surface area contributed by atoms with Gasteiger partial charge in [-0.05, 0) is 12.8 Å². The van der Waals surface area contributed by atoms with E-state index in [0.717, 1.165) is 0 Å². The summed E-state index contributed by atoms with van der Waals surface area (Å²) in [5.74, 6) is -1.31. The maximum absolute atomic E-state index is 11.7. The number of amides is 1. The first kappa shape index (κ1) is 16.7. The van der Waals surface area contributed by atoms with Crippen molar-refractivity contribution in [1.29, 1.82) is 0 Å². The summed E-state index contributed by atoms with van der Waals surface area (Å²) in [7, 11) is 0. The van der Waals surface area contributed by atoms with Crippen LogP contribution >= 0.6 is 0 Å². The van der Waals surface area contributed by atoms with E-state index in [0.29, 0.717) is 19.4 Å². The number of rotatable bonds is 9. The van der Waals surface area contributed by atoms with Gasteiger partial charge in [0.05, 0.1) is 6.61 Å². The lowest BCUT2D eigenvalue weighted by molar-refractivity contribution is -0.174. The van der Waals surface area contributed by atoms with Crippen LogP contribution in [0.1, 0.15) is 25.7 Å². The van der Waals surface area contributed by atoms with Gasteiger partial charge in [0, 0.05) is 19.4 Å². The van der Waals surface area contributed by atoms with Crippen LogP contribution in [0.2, 0.25) is 0 Å². The highest BCUT2D eigenvalue weighted by Crippen LogP contribution is 2.14. The number of unbranched alkanes of at least 4 members (excludes halogenated alkanes) is 1. The average Bonchev–Trinajstić information content (AvgIpc) is 2.22. The van der Waals surface area contributed by atoms with Crippen LogP contribution in [-0.2, 0) is 14.3 Å². The van der Waals surface area contributed by atoms with Crippen LogP contribution in [0.3, 0.4) is 0 Å². The molecular weight excluding hydrogens is 255 g/mol. The number of aliphatic carboxylic acids is 1. The molecule has 0 saturated heterocycles. The van der Waals surface area contributed by atoms with Crippen LogP contribution in [-0.4, -0.2) is 42.9 Å². The van der Waals surface area contributed by atoms with Gasteiger partial charge in [0.25, 0.3) is 0 Å². The summed E-state index contributed by atoms with van der Waals surface area (Å²) >= 11 is 0. The molecule has 0 spiro atoms. The fraction of sp³-hybridized carbons (Fsp3) is 0.800. The number of halogens is 3. The highest BCUT2D eigenvalue weighted by atomic mass is 19.4. The number of hydrogen-bond acceptors (Lipinski definition) is 3. The maximum Gasteiger partial charge on any atom is 0.411 e. The molecule has 5 nitrogen and oxygen atoms in total. The van der Waals surface area contributed by atoms with E-state index in [4.69, 9.17) is 5.11 Å². The highest BCUT2D eigenvalue weighted by Gasteiger charge is 2.27. The van der Waals surface area contributed by atoms with Crippen LogP contribution in [0.4, 0.5) is 13.2 Å². The molecule has 8 heteroatoms. The van der Waals surface area contributed by atoms with Gasteiger partial charge < -0.3 is 15.2 Å². The molecule has 0 aliphatic carbocycles. The van der Waals surface area contributed by atoms with Crippen LogP contribution in [0.5, 0.6) is 0 Å². The minimum Gasteiger partial charge on any atom is -0.481 e. The SMILES string of the molecule is O=C(O)CCCCNC(=O)CCOCC(F)(F)F. The number of ether oxygens (including phenoxy) is 1. The fourth-order valence-corrected chi connectivity index (χ4v) is 1.07. The molecule has 0 aromatic carbocycles. The Bertz CT molecular complexity index is 268. The molecule has 18 heavy (non-hydrogen) atoms. The van der Waals surface area contributed by atoms with E-state index in [1.807, 2.05) is 0 Å². The first-order valence-corrected chi connectivity index (χ1v) is 5.44. The van der Waals surface area contributed by atoms with Crippen LogP contribution in [0.15, 0.2) is 0 Å². The Kier molecular flexibility index (Phi) is 8.10. The van der Waals surface area contributed by atoms with E-state index in [2.05, 4.69) is 10.1 Å². The molecule has 0 unspecified atom stereocenters. The number of carbonyl (C=O) groups is 2. The minimum absolute atomic E-state index is 0.0323. The Morgan fingerprint density at radius 3 is 2.39 bits per heavy atom. The topological polar surface area (TPSA) is 75.6 Å². The molecule has 0 aromatic heterocycles. The molecule has 0 radical (unpaired) electrons. The summed E-state index contributed by atoms with van der Waals surface area (Å²) in [6.07, 6.45) is -3.53. The second kappa shape index (κ2) is 8.73. The van der Waals surface area contributed by atoms with Gasteiger partial charge in [0.15, 0.2) is 0 Å². The standard InChI is InChI=1S/C10H16F3NO4/c11-10(12,13)7-18-6-4-8(15)14-5-2-1-3-9(16)17/h1-7H2,(H,14,15)(H,16,17). The second-order valence-corrected chi connectivity index (χ2v) is 3.62. The van der Waals surface area contributed by atoms with Crippen molar-refractivity contribution < 1.29 is 32.6 Å². The van der Waals surface area contributed by atoms with Crippen molar-refractivity contribution in [3.8, 4) is 0 Å². The van der Waals surface area contributed by atoms with Gasteiger partial charge in [-0.15, -0.1) is 0 Å².